The molecule has 1 aliphatic heterocycles. The number of rotatable bonds is 11. The predicted octanol–water partition coefficient (Wildman–Crippen LogP) is -2.67. The molecule has 3 aromatic rings. The van der Waals surface area contributed by atoms with Crippen molar-refractivity contribution in [2.24, 2.45) is 5.16 Å². The van der Waals surface area contributed by atoms with Gasteiger partial charge in [0.2, 0.25) is 11.0 Å². The lowest BCUT2D eigenvalue weighted by Crippen LogP contribution is -2.68. The molecule has 1 fully saturated rings. The van der Waals surface area contributed by atoms with Gasteiger partial charge in [-0.05, 0) is 27.7 Å². The number of pyridine rings is 1. The zero-order valence-electron chi connectivity index (χ0n) is 25.3. The quantitative estimate of drug-likeness (QED) is 0.0605. The number of amides is 4. The molecular formula is C24H28N10O12S2. The molecule has 0 aromatic carbocycles. The number of carbonyl (C=O) groups excluding carboxylic acids is 3. The highest BCUT2D eigenvalue weighted by atomic mass is 32.2. The SMILES string of the molecule is CC(C)(O)Cn1c(-c2cc(=O)c(O)c[nH]2)nn(S(=O)(=O)NC(=O)N2C[C@H](NC(=O)C(=NOC(C)(C)C(=O)O)c3csc(N)n3)C2=O)c1=O. The van der Waals surface area contributed by atoms with Crippen LogP contribution in [-0.2, 0) is 36.0 Å². The Morgan fingerprint density at radius 1 is 1.23 bits per heavy atom. The number of likely N-dealkylation sites (tertiary alicyclic amines) is 1. The van der Waals surface area contributed by atoms with Gasteiger partial charge < -0.3 is 36.2 Å². The molecule has 0 bridgehead atoms. The summed E-state index contributed by atoms with van der Waals surface area (Å²) in [7, 11) is -5.17. The summed E-state index contributed by atoms with van der Waals surface area (Å²) in [5, 5.41) is 40.0. The molecule has 0 aliphatic carbocycles. The maximum Gasteiger partial charge on any atom is 0.362 e. The van der Waals surface area contributed by atoms with Crippen LogP contribution in [0.25, 0.3) is 11.5 Å². The lowest BCUT2D eigenvalue weighted by molar-refractivity contribution is -0.161. The number of carboxylic acid groups (broad SMARTS) is 1. The van der Waals surface area contributed by atoms with Crippen molar-refractivity contribution in [3.63, 3.8) is 0 Å². The van der Waals surface area contributed by atoms with Crippen molar-refractivity contribution in [1.82, 2.24) is 38.7 Å². The molecule has 4 rings (SSSR count). The third kappa shape index (κ3) is 7.34. The Bertz CT molecular complexity index is 2070. The molecule has 0 unspecified atom stereocenters. The van der Waals surface area contributed by atoms with Gasteiger partial charge in [-0.1, -0.05) is 9.24 Å². The molecular weight excluding hydrogens is 684 g/mol. The molecule has 258 valence electrons. The van der Waals surface area contributed by atoms with Crippen molar-refractivity contribution >= 4 is 56.2 Å². The highest BCUT2D eigenvalue weighted by molar-refractivity contribution is 7.88. The van der Waals surface area contributed by atoms with E-state index >= 15 is 0 Å². The van der Waals surface area contributed by atoms with E-state index in [4.69, 9.17) is 10.6 Å². The number of anilines is 1. The maximum absolute atomic E-state index is 13.1. The van der Waals surface area contributed by atoms with Gasteiger partial charge in [0.25, 0.3) is 11.8 Å². The third-order valence-electron chi connectivity index (χ3n) is 6.30. The van der Waals surface area contributed by atoms with Crippen LogP contribution in [0, 0.1) is 0 Å². The van der Waals surface area contributed by atoms with E-state index in [1.807, 2.05) is 0 Å². The van der Waals surface area contributed by atoms with Crippen molar-refractivity contribution in [1.29, 1.82) is 0 Å². The van der Waals surface area contributed by atoms with Gasteiger partial charge in [0.05, 0.1) is 24.4 Å². The Morgan fingerprint density at radius 2 is 1.90 bits per heavy atom. The number of β-lactam (4-membered cyclic amide) rings is 1. The number of H-pyrrole nitrogens is 1. The van der Waals surface area contributed by atoms with Gasteiger partial charge in [0, 0.05) is 17.6 Å². The first-order chi connectivity index (χ1) is 22.1. The number of aromatic amines is 1. The average Bonchev–Trinajstić information content (AvgIpc) is 3.53. The first kappa shape index (κ1) is 35.2. The van der Waals surface area contributed by atoms with E-state index in [9.17, 15) is 52.5 Å². The van der Waals surface area contributed by atoms with Gasteiger partial charge in [0.15, 0.2) is 22.4 Å². The number of oxime groups is 1. The number of aliphatic hydroxyl groups is 1. The van der Waals surface area contributed by atoms with Gasteiger partial charge in [0.1, 0.15) is 11.7 Å². The number of nitrogens with one attached hydrogen (secondary N) is 3. The minimum absolute atomic E-state index is 0.0271. The lowest BCUT2D eigenvalue weighted by Gasteiger charge is -2.36. The van der Waals surface area contributed by atoms with Crippen molar-refractivity contribution < 1.29 is 47.8 Å². The molecule has 8 N–H and O–H groups in total. The number of aliphatic carboxylic acids is 1. The molecule has 24 heteroatoms. The van der Waals surface area contributed by atoms with E-state index in [0.29, 0.717) is 9.47 Å². The van der Waals surface area contributed by atoms with Crippen LogP contribution in [0.5, 0.6) is 5.75 Å². The Morgan fingerprint density at radius 3 is 2.44 bits per heavy atom. The molecule has 0 saturated carbocycles. The second-order valence-electron chi connectivity index (χ2n) is 11.2. The van der Waals surface area contributed by atoms with Crippen molar-refractivity contribution in [2.45, 2.75) is 51.5 Å². The normalized spacial score (nSPS) is 15.5. The van der Waals surface area contributed by atoms with Crippen molar-refractivity contribution in [3.8, 4) is 17.3 Å². The topological polar surface area (TPSA) is 324 Å². The van der Waals surface area contributed by atoms with E-state index in [0.717, 1.165) is 37.4 Å². The standard InChI is InChI=1S/C24H28N10O12S2/c1-23(2,43)9-33-16(10-5-13(35)14(36)6-26-10)29-34(22(33)42)48(44,45)31-21(41)32-7-11(18(32)38)27-17(37)15(12-8-47-20(25)28-12)30-46-24(3,4)19(39)40/h5-6,8,11,36,43H,7,9H2,1-4H3,(H2,25,28)(H,26,35)(H,27,37)(H,31,41)(H,39,40)/t11-/m0/s1. The predicted molar refractivity (Wildman–Crippen MR) is 163 cm³/mol. The first-order valence-electron chi connectivity index (χ1n) is 13.4. The average molecular weight is 713 g/mol. The number of nitrogen functional groups attached to an aromatic ring is 1. The summed E-state index contributed by atoms with van der Waals surface area (Å²) >= 11 is 0.922. The molecule has 4 heterocycles. The van der Waals surface area contributed by atoms with Gasteiger partial charge in [-0.3, -0.25) is 23.9 Å². The number of nitrogens with two attached hydrogens (primary N) is 1. The van der Waals surface area contributed by atoms with Crippen molar-refractivity contribution in [2.75, 3.05) is 12.3 Å². The summed E-state index contributed by atoms with van der Waals surface area (Å²) in [6, 6.07) is -2.09. The number of carboxylic acids is 1. The van der Waals surface area contributed by atoms with Gasteiger partial charge in [-0.15, -0.1) is 16.4 Å². The van der Waals surface area contributed by atoms with Crippen LogP contribution in [0.15, 0.2) is 32.4 Å². The fourth-order valence-electron chi connectivity index (χ4n) is 3.81. The lowest BCUT2D eigenvalue weighted by atomic mass is 10.1. The smallest absolute Gasteiger partial charge is 0.362 e. The Balaban J connectivity index is 1.52. The Hall–Kier alpha value is -5.62. The second-order valence-corrected chi connectivity index (χ2v) is 13.6. The van der Waals surface area contributed by atoms with Crippen LogP contribution in [0.2, 0.25) is 0 Å². The van der Waals surface area contributed by atoms with Crippen LogP contribution in [-0.4, -0.2) is 106 Å². The Labute approximate surface area is 272 Å². The van der Waals surface area contributed by atoms with E-state index in [1.165, 1.54) is 23.9 Å². The minimum Gasteiger partial charge on any atom is -0.503 e. The summed E-state index contributed by atoms with van der Waals surface area (Å²) in [5.74, 6) is -4.71. The van der Waals surface area contributed by atoms with Crippen LogP contribution in [0.4, 0.5) is 9.93 Å². The first-order valence-corrected chi connectivity index (χ1v) is 15.7. The molecule has 1 saturated heterocycles. The number of urea groups is 1. The molecule has 0 spiro atoms. The number of aromatic nitrogens is 5. The summed E-state index contributed by atoms with van der Waals surface area (Å²) in [6.07, 6.45) is 0.863. The van der Waals surface area contributed by atoms with Gasteiger partial charge in [-0.2, -0.15) is 8.42 Å². The molecule has 0 radical (unpaired) electrons. The fourth-order valence-corrected chi connectivity index (χ4v) is 5.26. The number of hydrogen-bond acceptors (Lipinski definition) is 16. The molecule has 22 nitrogen and oxygen atoms in total. The van der Waals surface area contributed by atoms with Crippen LogP contribution in [0.3, 0.4) is 0 Å². The molecule has 1 aliphatic rings. The van der Waals surface area contributed by atoms with Gasteiger partial charge in [-0.25, -0.2) is 24.1 Å². The van der Waals surface area contributed by atoms with E-state index in [-0.39, 0.29) is 20.6 Å². The number of hydrogen-bond donors (Lipinski definition) is 7. The summed E-state index contributed by atoms with van der Waals surface area (Å²) < 4.78 is 28.3. The van der Waals surface area contributed by atoms with Crippen molar-refractivity contribution in [3.05, 3.63) is 44.0 Å². The van der Waals surface area contributed by atoms with E-state index in [1.54, 1.807) is 0 Å². The zero-order chi connectivity index (χ0) is 35.9. The maximum atomic E-state index is 13.1. The molecule has 3 aromatic heterocycles. The second kappa shape index (κ2) is 12.5. The molecule has 1 atom stereocenters. The van der Waals surface area contributed by atoms with Gasteiger partial charge >= 0.3 is 27.9 Å². The number of thiazole rings is 1. The number of nitrogens with zero attached hydrogens (tertiary/aromatic N) is 6. The van der Waals surface area contributed by atoms with E-state index < -0.39 is 92.8 Å². The van der Waals surface area contributed by atoms with Crippen LogP contribution in [0.1, 0.15) is 33.4 Å². The number of aromatic hydroxyl groups is 1. The zero-order valence-corrected chi connectivity index (χ0v) is 26.9. The number of imide groups is 1. The van der Waals surface area contributed by atoms with E-state index in [2.05, 4.69) is 25.5 Å². The summed E-state index contributed by atoms with van der Waals surface area (Å²) in [6.45, 7) is 3.83. The summed E-state index contributed by atoms with van der Waals surface area (Å²) in [4.78, 5) is 86.8. The fraction of sp³-hybridized carbons (Fsp3) is 0.375. The monoisotopic (exact) mass is 712 g/mol. The highest BCUT2D eigenvalue weighted by Gasteiger charge is 2.44. The Kier molecular flexibility index (Phi) is 9.20. The largest absolute Gasteiger partial charge is 0.503 e. The molecule has 48 heavy (non-hydrogen) atoms. The minimum atomic E-state index is -5.17. The van der Waals surface area contributed by atoms with Crippen LogP contribution < -0.4 is 26.9 Å². The molecule has 4 amide bonds. The summed E-state index contributed by atoms with van der Waals surface area (Å²) in [5.41, 5.74) is -1.03. The van der Waals surface area contributed by atoms with Crippen LogP contribution >= 0.6 is 11.3 Å². The third-order valence-corrected chi connectivity index (χ3v) is 8.10. The number of carbonyl (C=O) groups is 4. The highest BCUT2D eigenvalue weighted by Crippen LogP contribution is 2.18.